The zero-order valence-corrected chi connectivity index (χ0v) is 11.3. The molecule has 0 aliphatic carbocycles. The summed E-state index contributed by atoms with van der Waals surface area (Å²) >= 11 is 0.955. The van der Waals surface area contributed by atoms with Gasteiger partial charge < -0.3 is 15.2 Å². The highest BCUT2D eigenvalue weighted by Gasteiger charge is 2.15. The van der Waals surface area contributed by atoms with Crippen LogP contribution in [0.3, 0.4) is 0 Å². The van der Waals surface area contributed by atoms with Gasteiger partial charge in [-0.2, -0.15) is 0 Å². The predicted octanol–water partition coefficient (Wildman–Crippen LogP) is 1.61. The number of esters is 1. The first-order valence-corrected chi connectivity index (χ1v) is 6.50. The van der Waals surface area contributed by atoms with E-state index in [1.54, 1.807) is 25.1 Å². The molecule has 0 bridgehead atoms. The van der Waals surface area contributed by atoms with E-state index in [0.717, 1.165) is 11.3 Å². The van der Waals surface area contributed by atoms with Gasteiger partial charge in [0.05, 0.1) is 6.61 Å². The van der Waals surface area contributed by atoms with Crippen LogP contribution in [0.2, 0.25) is 0 Å². The van der Waals surface area contributed by atoms with Crippen molar-refractivity contribution in [2.24, 2.45) is 5.73 Å². The molecule has 2 aromatic rings. The van der Waals surface area contributed by atoms with Gasteiger partial charge in [-0.05, 0) is 36.5 Å². The SMILES string of the molecule is CCOC(=O)c1nnc(Oc2cccc(C(N)=O)c2)s1. The topological polar surface area (TPSA) is 104 Å². The average Bonchev–Trinajstić information content (AvgIpc) is 2.88. The van der Waals surface area contributed by atoms with Crippen molar-refractivity contribution in [2.75, 3.05) is 6.61 Å². The fourth-order valence-corrected chi connectivity index (χ4v) is 1.95. The summed E-state index contributed by atoms with van der Waals surface area (Å²) in [5, 5.41) is 7.66. The molecule has 0 saturated heterocycles. The van der Waals surface area contributed by atoms with Crippen molar-refractivity contribution in [1.29, 1.82) is 0 Å². The third-order valence-electron chi connectivity index (χ3n) is 2.18. The van der Waals surface area contributed by atoms with Gasteiger partial charge in [0.25, 0.3) is 5.19 Å². The summed E-state index contributed by atoms with van der Waals surface area (Å²) in [5.74, 6) is -0.724. The fraction of sp³-hybridized carbons (Fsp3) is 0.167. The van der Waals surface area contributed by atoms with Gasteiger partial charge in [-0.15, -0.1) is 5.10 Å². The zero-order valence-electron chi connectivity index (χ0n) is 10.5. The van der Waals surface area contributed by atoms with E-state index in [4.69, 9.17) is 15.2 Å². The number of carbonyl (C=O) groups is 2. The second kappa shape index (κ2) is 6.11. The summed E-state index contributed by atoms with van der Waals surface area (Å²) < 4.78 is 10.2. The second-order valence-corrected chi connectivity index (χ2v) is 4.53. The molecule has 1 heterocycles. The van der Waals surface area contributed by atoms with Gasteiger partial charge in [0, 0.05) is 5.56 Å². The lowest BCUT2D eigenvalue weighted by Crippen LogP contribution is -2.10. The van der Waals surface area contributed by atoms with E-state index < -0.39 is 11.9 Å². The lowest BCUT2D eigenvalue weighted by Gasteiger charge is -2.01. The van der Waals surface area contributed by atoms with Crippen molar-refractivity contribution in [3.8, 4) is 10.9 Å². The summed E-state index contributed by atoms with van der Waals surface area (Å²) in [4.78, 5) is 22.5. The highest BCUT2D eigenvalue weighted by atomic mass is 32.1. The minimum atomic E-state index is -0.556. The quantitative estimate of drug-likeness (QED) is 0.840. The Morgan fingerprint density at radius 1 is 1.35 bits per heavy atom. The van der Waals surface area contributed by atoms with E-state index >= 15 is 0 Å². The molecular weight excluding hydrogens is 282 g/mol. The van der Waals surface area contributed by atoms with Gasteiger partial charge >= 0.3 is 5.97 Å². The molecule has 0 unspecified atom stereocenters. The number of carbonyl (C=O) groups excluding carboxylic acids is 2. The van der Waals surface area contributed by atoms with E-state index in [2.05, 4.69) is 10.2 Å². The van der Waals surface area contributed by atoms with Gasteiger partial charge in [-0.25, -0.2) is 4.79 Å². The molecule has 20 heavy (non-hydrogen) atoms. The van der Waals surface area contributed by atoms with E-state index in [-0.39, 0.29) is 16.8 Å². The first-order chi connectivity index (χ1) is 9.60. The lowest BCUT2D eigenvalue weighted by molar-refractivity contribution is 0.0525. The molecule has 0 spiro atoms. The van der Waals surface area contributed by atoms with Gasteiger partial charge in [0.2, 0.25) is 10.9 Å². The number of benzene rings is 1. The fourth-order valence-electron chi connectivity index (χ4n) is 1.34. The standard InChI is InChI=1S/C12H11N3O4S/c1-2-18-11(17)10-14-15-12(20-10)19-8-5-3-4-7(6-8)9(13)16/h3-6H,2H2,1H3,(H2,13,16). The number of amides is 1. The molecule has 0 fully saturated rings. The zero-order chi connectivity index (χ0) is 14.5. The van der Waals surface area contributed by atoms with Crippen LogP contribution in [0.4, 0.5) is 0 Å². The predicted molar refractivity (Wildman–Crippen MR) is 70.9 cm³/mol. The Kier molecular flexibility index (Phi) is 4.26. The molecule has 0 saturated carbocycles. The van der Waals surface area contributed by atoms with Crippen LogP contribution in [0.5, 0.6) is 10.9 Å². The maximum absolute atomic E-state index is 11.4. The van der Waals surface area contributed by atoms with Gasteiger partial charge in [0.1, 0.15) is 5.75 Å². The first kappa shape index (κ1) is 13.9. The van der Waals surface area contributed by atoms with Gasteiger partial charge in [0.15, 0.2) is 0 Å². The number of rotatable bonds is 5. The first-order valence-electron chi connectivity index (χ1n) is 5.68. The third-order valence-corrected chi connectivity index (χ3v) is 2.96. The maximum atomic E-state index is 11.4. The summed E-state index contributed by atoms with van der Waals surface area (Å²) in [6.45, 7) is 1.96. The van der Waals surface area contributed by atoms with E-state index in [9.17, 15) is 9.59 Å². The van der Waals surface area contributed by atoms with Crippen molar-refractivity contribution < 1.29 is 19.1 Å². The van der Waals surface area contributed by atoms with Crippen LogP contribution in [-0.2, 0) is 4.74 Å². The van der Waals surface area contributed by atoms with Crippen LogP contribution in [0.1, 0.15) is 27.1 Å². The molecule has 1 aromatic heterocycles. The van der Waals surface area contributed by atoms with Crippen LogP contribution in [-0.4, -0.2) is 28.7 Å². The molecule has 2 N–H and O–H groups in total. The smallest absolute Gasteiger partial charge is 0.369 e. The Morgan fingerprint density at radius 3 is 2.85 bits per heavy atom. The summed E-state index contributed by atoms with van der Waals surface area (Å²) in [6.07, 6.45) is 0. The van der Waals surface area contributed by atoms with Crippen LogP contribution < -0.4 is 10.5 Å². The number of hydrogen-bond acceptors (Lipinski definition) is 7. The molecule has 8 heteroatoms. The highest BCUT2D eigenvalue weighted by Crippen LogP contribution is 2.25. The largest absolute Gasteiger partial charge is 0.461 e. The number of hydrogen-bond donors (Lipinski definition) is 1. The van der Waals surface area contributed by atoms with Crippen LogP contribution >= 0.6 is 11.3 Å². The Hall–Kier alpha value is -2.48. The van der Waals surface area contributed by atoms with Crippen LogP contribution in [0.25, 0.3) is 0 Å². The van der Waals surface area contributed by atoms with Crippen LogP contribution in [0, 0.1) is 0 Å². The van der Waals surface area contributed by atoms with Crippen LogP contribution in [0.15, 0.2) is 24.3 Å². The summed E-state index contributed by atoms with van der Waals surface area (Å²) in [7, 11) is 0. The minimum Gasteiger partial charge on any atom is -0.461 e. The summed E-state index contributed by atoms with van der Waals surface area (Å²) in [5.41, 5.74) is 5.49. The molecular formula is C12H11N3O4S. The van der Waals surface area contributed by atoms with Gasteiger partial charge in [-0.3, -0.25) is 4.79 Å². The molecule has 1 aromatic carbocycles. The number of aromatic nitrogens is 2. The van der Waals surface area contributed by atoms with E-state index in [1.165, 1.54) is 6.07 Å². The molecule has 0 radical (unpaired) electrons. The van der Waals surface area contributed by atoms with Crippen molar-refractivity contribution in [1.82, 2.24) is 10.2 Å². The number of primary amides is 1. The average molecular weight is 293 g/mol. The lowest BCUT2D eigenvalue weighted by atomic mass is 10.2. The Morgan fingerprint density at radius 2 is 2.15 bits per heavy atom. The van der Waals surface area contributed by atoms with Crippen molar-refractivity contribution in [3.63, 3.8) is 0 Å². The molecule has 104 valence electrons. The highest BCUT2D eigenvalue weighted by molar-refractivity contribution is 7.14. The van der Waals surface area contributed by atoms with Crippen molar-refractivity contribution in [2.45, 2.75) is 6.92 Å². The van der Waals surface area contributed by atoms with E-state index in [0.29, 0.717) is 11.3 Å². The Balaban J connectivity index is 2.12. The van der Waals surface area contributed by atoms with E-state index in [1.807, 2.05) is 0 Å². The van der Waals surface area contributed by atoms with Crippen molar-refractivity contribution >= 4 is 23.2 Å². The molecule has 0 atom stereocenters. The summed E-state index contributed by atoms with van der Waals surface area (Å²) in [6, 6.07) is 6.31. The number of nitrogens with two attached hydrogens (primary N) is 1. The van der Waals surface area contributed by atoms with Crippen molar-refractivity contribution in [3.05, 3.63) is 34.8 Å². The maximum Gasteiger partial charge on any atom is 0.369 e. The second-order valence-electron chi connectivity index (χ2n) is 3.59. The monoisotopic (exact) mass is 293 g/mol. The molecule has 7 nitrogen and oxygen atoms in total. The number of ether oxygens (including phenoxy) is 2. The van der Waals surface area contributed by atoms with Gasteiger partial charge in [-0.1, -0.05) is 11.2 Å². The molecule has 0 aliphatic rings. The normalized spacial score (nSPS) is 10.1. The third kappa shape index (κ3) is 3.29. The number of nitrogens with zero attached hydrogens (tertiary/aromatic N) is 2. The molecule has 1 amide bonds. The Labute approximate surface area is 118 Å². The minimum absolute atomic E-state index is 0.105. The molecule has 2 rings (SSSR count). The Bertz CT molecular complexity index is 641. The molecule has 0 aliphatic heterocycles.